The highest BCUT2D eigenvalue weighted by molar-refractivity contribution is 6.33. The number of halogens is 1. The van der Waals surface area contributed by atoms with E-state index in [1.54, 1.807) is 6.20 Å². The van der Waals surface area contributed by atoms with Crippen LogP contribution in [-0.2, 0) is 0 Å². The molecule has 1 N–H and O–H groups in total. The normalized spacial score (nSPS) is 19.0. The number of anilines is 1. The summed E-state index contributed by atoms with van der Waals surface area (Å²) in [7, 11) is 4.21. The monoisotopic (exact) mass is 394 g/mol. The van der Waals surface area contributed by atoms with Gasteiger partial charge in [-0.3, -0.25) is 4.79 Å². The van der Waals surface area contributed by atoms with Crippen LogP contribution in [0.15, 0.2) is 6.20 Å². The van der Waals surface area contributed by atoms with Crippen molar-refractivity contribution >= 4 is 23.5 Å². The topological polar surface area (TPSA) is 64.6 Å². The van der Waals surface area contributed by atoms with Gasteiger partial charge in [-0.15, -0.1) is 0 Å². The number of hydrogen-bond acceptors (Lipinski definition) is 6. The Morgan fingerprint density at radius 1 is 1.26 bits per heavy atom. The van der Waals surface area contributed by atoms with Crippen LogP contribution in [0.5, 0.6) is 0 Å². The van der Waals surface area contributed by atoms with Gasteiger partial charge in [0.05, 0.1) is 11.2 Å². The first-order valence-corrected chi connectivity index (χ1v) is 10.3. The summed E-state index contributed by atoms with van der Waals surface area (Å²) in [4.78, 5) is 28.1. The van der Waals surface area contributed by atoms with Crippen LogP contribution in [0.2, 0.25) is 5.02 Å². The van der Waals surface area contributed by atoms with Gasteiger partial charge in [0.15, 0.2) is 5.69 Å². The molecule has 27 heavy (non-hydrogen) atoms. The summed E-state index contributed by atoms with van der Waals surface area (Å²) >= 11 is 6.18. The second kappa shape index (κ2) is 9.66. The first-order valence-electron chi connectivity index (χ1n) is 9.95. The lowest BCUT2D eigenvalue weighted by Gasteiger charge is -2.32. The van der Waals surface area contributed by atoms with E-state index in [-0.39, 0.29) is 11.6 Å². The number of aromatic nitrogens is 2. The molecule has 2 aliphatic rings. The molecule has 0 unspecified atom stereocenters. The molecule has 0 bridgehead atoms. The number of carbonyl (C=O) groups excluding carboxylic acids is 1. The van der Waals surface area contributed by atoms with Gasteiger partial charge in [-0.05, 0) is 58.8 Å². The molecular formula is C19H31ClN6O. The van der Waals surface area contributed by atoms with Crippen LogP contribution >= 0.6 is 11.6 Å². The van der Waals surface area contributed by atoms with E-state index in [2.05, 4.69) is 44.1 Å². The van der Waals surface area contributed by atoms with E-state index in [1.807, 2.05) is 0 Å². The van der Waals surface area contributed by atoms with Gasteiger partial charge >= 0.3 is 0 Å². The third kappa shape index (κ3) is 5.77. The molecule has 0 aliphatic carbocycles. The molecule has 1 aromatic heterocycles. The fourth-order valence-corrected chi connectivity index (χ4v) is 3.84. The van der Waals surface area contributed by atoms with Crippen molar-refractivity contribution in [2.45, 2.75) is 25.7 Å². The number of hydrogen-bond donors (Lipinski definition) is 1. The van der Waals surface area contributed by atoms with Crippen LogP contribution in [0.3, 0.4) is 0 Å². The maximum Gasteiger partial charge on any atom is 0.271 e. The number of carbonyl (C=O) groups is 1. The van der Waals surface area contributed by atoms with Crippen molar-refractivity contribution in [2.75, 3.05) is 64.8 Å². The maximum atomic E-state index is 12.6. The largest absolute Gasteiger partial charge is 0.350 e. The minimum atomic E-state index is -0.196. The average Bonchev–Trinajstić information content (AvgIpc) is 3.20. The highest BCUT2D eigenvalue weighted by Gasteiger charge is 2.22. The number of likely N-dealkylation sites (tertiary alicyclic amines) is 1. The van der Waals surface area contributed by atoms with E-state index in [0.717, 1.165) is 65.0 Å². The van der Waals surface area contributed by atoms with Crippen molar-refractivity contribution in [1.29, 1.82) is 0 Å². The molecule has 3 heterocycles. The lowest BCUT2D eigenvalue weighted by atomic mass is 9.97. The first-order chi connectivity index (χ1) is 13.0. The standard InChI is InChI=1S/C19H31ClN6O/c1-24(2)11-12-25-9-5-15(6-10-25)13-21-18(27)17-16(20)14-22-19(23-17)26-7-3-4-8-26/h14-15H,3-13H2,1-2H3,(H,21,27). The van der Waals surface area contributed by atoms with Crippen LogP contribution in [0.1, 0.15) is 36.2 Å². The Morgan fingerprint density at radius 2 is 1.96 bits per heavy atom. The summed E-state index contributed by atoms with van der Waals surface area (Å²) in [5.41, 5.74) is 0.289. The minimum absolute atomic E-state index is 0.196. The smallest absolute Gasteiger partial charge is 0.271 e. The number of piperidine rings is 1. The van der Waals surface area contributed by atoms with Gasteiger partial charge in [0.2, 0.25) is 5.95 Å². The average molecular weight is 395 g/mol. The number of nitrogens with one attached hydrogen (secondary N) is 1. The van der Waals surface area contributed by atoms with Crippen molar-refractivity contribution in [2.24, 2.45) is 5.92 Å². The van der Waals surface area contributed by atoms with Crippen molar-refractivity contribution in [1.82, 2.24) is 25.1 Å². The van der Waals surface area contributed by atoms with Crippen LogP contribution in [0.4, 0.5) is 5.95 Å². The second-order valence-corrected chi connectivity index (χ2v) is 8.27. The molecule has 1 aromatic rings. The van der Waals surface area contributed by atoms with Crippen molar-refractivity contribution in [3.8, 4) is 0 Å². The SMILES string of the molecule is CN(C)CCN1CCC(CNC(=O)c2nc(N3CCCC3)ncc2Cl)CC1. The van der Waals surface area contributed by atoms with E-state index >= 15 is 0 Å². The summed E-state index contributed by atoms with van der Waals surface area (Å²) in [6, 6.07) is 0. The lowest BCUT2D eigenvalue weighted by Crippen LogP contribution is -2.41. The van der Waals surface area contributed by atoms with Gasteiger partial charge in [0.1, 0.15) is 0 Å². The summed E-state index contributed by atoms with van der Waals surface area (Å²) in [6.45, 7) is 6.96. The minimum Gasteiger partial charge on any atom is -0.350 e. The van der Waals surface area contributed by atoms with E-state index < -0.39 is 0 Å². The molecule has 2 saturated heterocycles. The van der Waals surface area contributed by atoms with E-state index in [1.165, 1.54) is 0 Å². The molecule has 8 heteroatoms. The Bertz CT molecular complexity index is 627. The van der Waals surface area contributed by atoms with Crippen LogP contribution in [0.25, 0.3) is 0 Å². The summed E-state index contributed by atoms with van der Waals surface area (Å²) in [5, 5.41) is 3.35. The van der Waals surface area contributed by atoms with Gasteiger partial charge in [-0.25, -0.2) is 9.97 Å². The van der Waals surface area contributed by atoms with E-state index in [0.29, 0.717) is 23.4 Å². The molecule has 0 radical (unpaired) electrons. The molecule has 0 atom stereocenters. The fraction of sp³-hybridized carbons (Fsp3) is 0.737. The first kappa shape index (κ1) is 20.3. The second-order valence-electron chi connectivity index (χ2n) is 7.86. The van der Waals surface area contributed by atoms with Gasteiger partial charge in [-0.2, -0.15) is 0 Å². The Hall–Kier alpha value is -1.44. The zero-order valence-corrected chi connectivity index (χ0v) is 17.2. The van der Waals surface area contributed by atoms with E-state index in [4.69, 9.17) is 11.6 Å². The highest BCUT2D eigenvalue weighted by atomic mass is 35.5. The fourth-order valence-electron chi connectivity index (χ4n) is 3.66. The molecule has 0 saturated carbocycles. The lowest BCUT2D eigenvalue weighted by molar-refractivity contribution is 0.0930. The summed E-state index contributed by atoms with van der Waals surface area (Å²) in [6.07, 6.45) is 6.05. The molecule has 2 fully saturated rings. The zero-order valence-electron chi connectivity index (χ0n) is 16.5. The number of amides is 1. The number of likely N-dealkylation sites (N-methyl/N-ethyl adjacent to an activating group) is 1. The van der Waals surface area contributed by atoms with Crippen LogP contribution in [-0.4, -0.2) is 85.6 Å². The predicted octanol–water partition coefficient (Wildman–Crippen LogP) is 1.73. The van der Waals surface area contributed by atoms with E-state index in [9.17, 15) is 4.79 Å². The third-order valence-corrected chi connectivity index (χ3v) is 5.73. The van der Waals surface area contributed by atoms with Crippen LogP contribution in [0, 0.1) is 5.92 Å². The maximum absolute atomic E-state index is 12.6. The van der Waals surface area contributed by atoms with Crippen molar-refractivity contribution in [3.05, 3.63) is 16.9 Å². The number of nitrogens with zero attached hydrogens (tertiary/aromatic N) is 5. The molecule has 150 valence electrons. The molecule has 0 aromatic carbocycles. The zero-order chi connectivity index (χ0) is 19.2. The summed E-state index contributed by atoms with van der Waals surface area (Å²) in [5.74, 6) is 0.928. The van der Waals surface area contributed by atoms with Gasteiger partial charge < -0.3 is 20.0 Å². The molecule has 3 rings (SSSR count). The van der Waals surface area contributed by atoms with Gasteiger partial charge in [-0.1, -0.05) is 11.6 Å². The third-order valence-electron chi connectivity index (χ3n) is 5.46. The van der Waals surface area contributed by atoms with Crippen LogP contribution < -0.4 is 10.2 Å². The van der Waals surface area contributed by atoms with Gasteiger partial charge in [0.25, 0.3) is 5.91 Å². The highest BCUT2D eigenvalue weighted by Crippen LogP contribution is 2.20. The molecule has 0 spiro atoms. The predicted molar refractivity (Wildman–Crippen MR) is 109 cm³/mol. The molecule has 7 nitrogen and oxygen atoms in total. The quantitative estimate of drug-likeness (QED) is 0.759. The summed E-state index contributed by atoms with van der Waals surface area (Å²) < 4.78 is 0. The Labute approximate surface area is 167 Å². The molecule has 1 amide bonds. The molecule has 2 aliphatic heterocycles. The Morgan fingerprint density at radius 3 is 2.63 bits per heavy atom. The van der Waals surface area contributed by atoms with Crippen molar-refractivity contribution < 1.29 is 4.79 Å². The Balaban J connectivity index is 1.48. The van der Waals surface area contributed by atoms with Crippen molar-refractivity contribution in [3.63, 3.8) is 0 Å². The Kier molecular flexibility index (Phi) is 7.26. The number of rotatable bonds is 7. The molecular weight excluding hydrogens is 364 g/mol. The van der Waals surface area contributed by atoms with Gasteiger partial charge in [0, 0.05) is 32.7 Å².